The zero-order chi connectivity index (χ0) is 37.3. The lowest BCUT2D eigenvalue weighted by atomic mass is 9.65. The Morgan fingerprint density at radius 3 is 2.53 bits per heavy atom. The van der Waals surface area contributed by atoms with Gasteiger partial charge in [-0.05, 0) is 197 Å². The van der Waals surface area contributed by atoms with Crippen molar-refractivity contribution in [1.29, 1.82) is 0 Å². The highest BCUT2D eigenvalue weighted by molar-refractivity contribution is 7.07. The van der Waals surface area contributed by atoms with Crippen LogP contribution < -0.4 is 10.4 Å². The molecule has 2 nitrogen and oxygen atoms in total. The van der Waals surface area contributed by atoms with E-state index in [0.29, 0.717) is 42.6 Å². The number of ether oxygens (including phenoxy) is 1. The van der Waals surface area contributed by atoms with Crippen molar-refractivity contribution in [1.82, 2.24) is 0 Å². The van der Waals surface area contributed by atoms with Gasteiger partial charge in [0.25, 0.3) is 0 Å². The number of benzene rings is 6. The molecule has 0 saturated heterocycles. The van der Waals surface area contributed by atoms with Crippen LogP contribution in [0.15, 0.2) is 77.0 Å². The fourth-order valence-electron chi connectivity index (χ4n) is 17.9. The SMILES string of the molecule is O=C(CCCC1(c2ccccc2)C2c3cc4c5c6c7c8c9c%10c%11c%12c(cc%13c%14c%15c(c%16c(c3c5c8%16)C3C%15C(=CC321)C=%13)c9c%14%12)CC=%11CC(C=C6C4)C7%10)OCCc1ccsc1. The number of hydrogen-bond donors (Lipinski definition) is 0. The average Bonchev–Trinajstić information content (AvgIpc) is 4.03. The van der Waals surface area contributed by atoms with Crippen LogP contribution in [0.25, 0.3) is 81.9 Å². The lowest BCUT2D eigenvalue weighted by Crippen LogP contribution is -2.28. The van der Waals surface area contributed by atoms with Gasteiger partial charge < -0.3 is 4.74 Å². The molecule has 0 amide bonds. The largest absolute Gasteiger partial charge is 0.465 e. The van der Waals surface area contributed by atoms with Gasteiger partial charge in [-0.15, -0.1) is 0 Å². The second kappa shape index (κ2) is 8.43. The molecule has 1 aromatic heterocycles. The van der Waals surface area contributed by atoms with E-state index in [1.165, 1.54) is 22.8 Å². The highest BCUT2D eigenvalue weighted by Crippen LogP contribution is 2.90. The Balaban J connectivity index is 0.938. The molecule has 1 saturated carbocycles. The van der Waals surface area contributed by atoms with Crippen molar-refractivity contribution in [2.24, 2.45) is 11.3 Å². The van der Waals surface area contributed by atoms with E-state index in [0.717, 1.165) is 32.1 Å². The van der Waals surface area contributed by atoms with Crippen LogP contribution in [0, 0.1) is 11.3 Å². The van der Waals surface area contributed by atoms with E-state index in [1.807, 2.05) is 0 Å². The fraction of sp³-hybridized carbons (Fsp3) is 0.268. The van der Waals surface area contributed by atoms with Crippen molar-refractivity contribution in [2.45, 2.75) is 74.0 Å². The molecular formula is C56H34O2S. The van der Waals surface area contributed by atoms with E-state index in [4.69, 9.17) is 4.74 Å². The molecule has 1 heterocycles. The lowest BCUT2D eigenvalue weighted by molar-refractivity contribution is -0.143. The molecule has 7 atom stereocenters. The molecule has 3 heteroatoms. The third-order valence-corrected chi connectivity index (χ3v) is 19.7. The fourth-order valence-corrected chi connectivity index (χ4v) is 18.6. The minimum absolute atomic E-state index is 0.0448. The maximum absolute atomic E-state index is 13.5. The summed E-state index contributed by atoms with van der Waals surface area (Å²) in [6.07, 6.45) is 14.9. The van der Waals surface area contributed by atoms with Crippen LogP contribution >= 0.6 is 11.3 Å². The van der Waals surface area contributed by atoms with Crippen LogP contribution in [0.2, 0.25) is 0 Å². The predicted octanol–water partition coefficient (Wildman–Crippen LogP) is 11.0. The van der Waals surface area contributed by atoms with Gasteiger partial charge in [0.05, 0.1) is 6.61 Å². The number of esters is 1. The molecule has 0 radical (unpaired) electrons. The Morgan fingerprint density at radius 2 is 1.63 bits per heavy atom. The van der Waals surface area contributed by atoms with Gasteiger partial charge in [-0.2, -0.15) is 11.3 Å². The molecule has 0 aliphatic heterocycles. The number of hydrogen-bond acceptors (Lipinski definition) is 3. The molecule has 0 bridgehead atoms. The van der Waals surface area contributed by atoms with Crippen molar-refractivity contribution in [2.75, 3.05) is 6.61 Å². The molecule has 9 aromatic rings. The summed E-state index contributed by atoms with van der Waals surface area (Å²) in [6.45, 7) is 0.461. The second-order valence-electron chi connectivity index (χ2n) is 20.6. The van der Waals surface area contributed by atoms with Crippen molar-refractivity contribution in [3.8, 4) is 0 Å². The summed E-state index contributed by atoms with van der Waals surface area (Å²) in [5.41, 5.74) is 20.9. The first kappa shape index (κ1) is 28.8. The number of carbonyl (C=O) groups excluding carboxylic acids is 1. The Kier molecular flexibility index (Phi) is 4.12. The molecule has 276 valence electrons. The molecule has 0 N–H and O–H groups in total. The Labute approximate surface area is 342 Å². The second-order valence-corrected chi connectivity index (χ2v) is 21.3. The van der Waals surface area contributed by atoms with Crippen LogP contribution in [0.1, 0.15) is 105 Å². The first-order valence-corrected chi connectivity index (χ1v) is 23.4. The normalized spacial score (nSPS) is 29.8. The topological polar surface area (TPSA) is 26.3 Å². The van der Waals surface area contributed by atoms with Crippen LogP contribution in [0.3, 0.4) is 0 Å². The number of fused-ring (bicyclic) bond motifs is 1. The summed E-state index contributed by atoms with van der Waals surface area (Å²) in [6, 6.07) is 19.2. The van der Waals surface area contributed by atoms with Gasteiger partial charge in [0, 0.05) is 47.3 Å². The maximum atomic E-state index is 13.5. The van der Waals surface area contributed by atoms with E-state index in [2.05, 4.69) is 77.5 Å². The monoisotopic (exact) mass is 770 g/mol. The zero-order valence-corrected chi connectivity index (χ0v) is 33.1. The summed E-state index contributed by atoms with van der Waals surface area (Å²) < 4.78 is 5.90. The Hall–Kier alpha value is -5.51. The van der Waals surface area contributed by atoms with Crippen LogP contribution in [-0.4, -0.2) is 12.6 Å². The number of thiophene rings is 1. The predicted molar refractivity (Wildman–Crippen MR) is 237 cm³/mol. The van der Waals surface area contributed by atoms with Crippen molar-refractivity contribution >= 4 is 99.2 Å². The standard InChI is InChI=1S/C56H34O2S/c57-32(58-11-8-22-9-12-59-21-22)7-4-10-55(30-5-2-1-3-6-30)54-31-19-28-17-25-15-26-14-23-13-24-16-27-18-29-20-56(54,55)53-39(29)44-38(27)43-34(24)33(23)41-37(26)42-35(25)36(28)45-40(31)52(53)51-49(44)47(43)46(41)48(42)50(45)51/h1-3,5-6,9,12,15-16,18-21,26,37,39,53-54H,4,7-8,10-11,13-14,17H2. The van der Waals surface area contributed by atoms with E-state index in [9.17, 15) is 4.79 Å². The summed E-state index contributed by atoms with van der Waals surface area (Å²) in [4.78, 5) is 13.5. The van der Waals surface area contributed by atoms with Crippen LogP contribution in [0.4, 0.5) is 0 Å². The molecule has 10 aliphatic carbocycles. The minimum atomic E-state index is -0.0986. The molecule has 8 aromatic carbocycles. The smallest absolute Gasteiger partial charge is 0.305 e. The summed E-state index contributed by atoms with van der Waals surface area (Å²) >= 11 is 1.71. The molecule has 59 heavy (non-hydrogen) atoms. The van der Waals surface area contributed by atoms with E-state index in [1.54, 1.807) is 142 Å². The Morgan fingerprint density at radius 1 is 0.797 bits per heavy atom. The number of allylic oxidation sites excluding steroid dienone is 4. The van der Waals surface area contributed by atoms with Crippen LogP contribution in [0.5, 0.6) is 0 Å². The van der Waals surface area contributed by atoms with Crippen molar-refractivity contribution in [3.63, 3.8) is 0 Å². The Bertz CT molecular complexity index is 3920. The first-order chi connectivity index (χ1) is 29.2. The van der Waals surface area contributed by atoms with Gasteiger partial charge >= 0.3 is 5.97 Å². The summed E-state index contributed by atoms with van der Waals surface area (Å²) in [5, 5.41) is 27.3. The molecule has 7 unspecified atom stereocenters. The zero-order valence-electron chi connectivity index (χ0n) is 32.3. The van der Waals surface area contributed by atoms with E-state index >= 15 is 0 Å². The van der Waals surface area contributed by atoms with Crippen molar-refractivity contribution < 1.29 is 9.53 Å². The van der Waals surface area contributed by atoms with Crippen molar-refractivity contribution in [3.05, 3.63) is 143 Å². The third-order valence-electron chi connectivity index (χ3n) is 18.9. The van der Waals surface area contributed by atoms with Gasteiger partial charge in [-0.3, -0.25) is 4.79 Å². The number of rotatable bonds is 8. The summed E-state index contributed by atoms with van der Waals surface area (Å²) in [5.74, 6) is 2.21. The molecule has 1 spiro atoms. The van der Waals surface area contributed by atoms with Gasteiger partial charge in [-0.1, -0.05) is 66.3 Å². The average molecular weight is 771 g/mol. The highest BCUT2D eigenvalue weighted by Gasteiger charge is 2.83. The highest BCUT2D eigenvalue weighted by atomic mass is 32.1. The molecule has 19 rings (SSSR count). The van der Waals surface area contributed by atoms with Gasteiger partial charge in [0.1, 0.15) is 0 Å². The number of carbonyl (C=O) groups is 1. The van der Waals surface area contributed by atoms with Gasteiger partial charge in [0.15, 0.2) is 0 Å². The molecular weight excluding hydrogens is 737 g/mol. The maximum Gasteiger partial charge on any atom is 0.305 e. The molecule has 1 fully saturated rings. The van der Waals surface area contributed by atoms with Crippen LogP contribution in [-0.2, 0) is 34.2 Å². The quantitative estimate of drug-likeness (QED) is 0.114. The third kappa shape index (κ3) is 2.52. The minimum Gasteiger partial charge on any atom is -0.465 e. The first-order valence-electron chi connectivity index (χ1n) is 22.4. The summed E-state index contributed by atoms with van der Waals surface area (Å²) in [7, 11) is 0. The van der Waals surface area contributed by atoms with E-state index in [-0.39, 0.29) is 16.8 Å². The van der Waals surface area contributed by atoms with Gasteiger partial charge in [-0.25, -0.2) is 0 Å². The lowest BCUT2D eigenvalue weighted by Gasteiger charge is -2.37. The molecule has 10 aliphatic rings. The van der Waals surface area contributed by atoms with E-state index < -0.39 is 0 Å². The van der Waals surface area contributed by atoms with Gasteiger partial charge in [0.2, 0.25) is 0 Å².